The molecule has 0 aliphatic carbocycles. The van der Waals surface area contributed by atoms with Gasteiger partial charge in [-0.2, -0.15) is 0 Å². The minimum absolute atomic E-state index is 0.364. The maximum absolute atomic E-state index is 5.94. The third-order valence-electron chi connectivity index (χ3n) is 3.92. The number of furan rings is 1. The molecule has 0 spiro atoms. The van der Waals surface area contributed by atoms with Crippen LogP contribution < -0.4 is 5.32 Å². The van der Waals surface area contributed by atoms with Crippen molar-refractivity contribution in [2.45, 2.75) is 52.0 Å². The number of hydrogen-bond acceptors (Lipinski definition) is 3. The van der Waals surface area contributed by atoms with E-state index in [4.69, 9.17) is 9.15 Å². The highest BCUT2D eigenvalue weighted by Gasteiger charge is 2.22. The van der Waals surface area contributed by atoms with Crippen LogP contribution in [-0.4, -0.2) is 19.8 Å². The Balaban J connectivity index is 1.97. The van der Waals surface area contributed by atoms with Crippen LogP contribution in [-0.2, 0) is 11.2 Å². The van der Waals surface area contributed by atoms with Crippen molar-refractivity contribution in [2.75, 3.05) is 19.8 Å². The van der Waals surface area contributed by atoms with Crippen LogP contribution in [0, 0.1) is 5.92 Å². The predicted octanol–water partition coefficient (Wildman–Crippen LogP) is 3.70. The molecule has 0 amide bonds. The van der Waals surface area contributed by atoms with Gasteiger partial charge in [-0.15, -0.1) is 0 Å². The maximum atomic E-state index is 5.94. The van der Waals surface area contributed by atoms with E-state index in [-0.39, 0.29) is 0 Å². The summed E-state index contributed by atoms with van der Waals surface area (Å²) in [5.74, 6) is 2.96. The fourth-order valence-corrected chi connectivity index (χ4v) is 2.71. The molecular weight excluding hydrogens is 238 g/mol. The second-order valence-corrected chi connectivity index (χ2v) is 5.46. The molecule has 1 atom stereocenters. The quantitative estimate of drug-likeness (QED) is 0.816. The molecule has 2 heterocycles. The Bertz CT molecular complexity index is 355. The highest BCUT2D eigenvalue weighted by Crippen LogP contribution is 2.28. The smallest absolute Gasteiger partial charge is 0.121 e. The first-order valence-electron chi connectivity index (χ1n) is 7.73. The van der Waals surface area contributed by atoms with Gasteiger partial charge in [0.2, 0.25) is 0 Å². The van der Waals surface area contributed by atoms with Crippen LogP contribution in [0.4, 0.5) is 0 Å². The van der Waals surface area contributed by atoms with E-state index in [1.165, 1.54) is 19.3 Å². The van der Waals surface area contributed by atoms with E-state index in [2.05, 4.69) is 31.3 Å². The van der Waals surface area contributed by atoms with Crippen LogP contribution in [0.3, 0.4) is 0 Å². The Kier molecular flexibility index (Phi) is 5.93. The predicted molar refractivity (Wildman–Crippen MR) is 77.3 cm³/mol. The van der Waals surface area contributed by atoms with E-state index in [0.29, 0.717) is 6.04 Å². The van der Waals surface area contributed by atoms with Gasteiger partial charge in [-0.3, -0.25) is 0 Å². The minimum atomic E-state index is 0.364. The number of nitrogens with one attached hydrogen (secondary N) is 1. The Morgan fingerprint density at radius 3 is 2.68 bits per heavy atom. The van der Waals surface area contributed by atoms with Crippen molar-refractivity contribution >= 4 is 0 Å². The zero-order valence-corrected chi connectivity index (χ0v) is 12.3. The lowest BCUT2D eigenvalue weighted by Gasteiger charge is -2.26. The molecule has 2 rings (SSSR count). The minimum Gasteiger partial charge on any atom is -0.464 e. The summed E-state index contributed by atoms with van der Waals surface area (Å²) in [6.07, 6.45) is 5.67. The van der Waals surface area contributed by atoms with Gasteiger partial charge in [0.25, 0.3) is 0 Å². The summed E-state index contributed by atoms with van der Waals surface area (Å²) in [4.78, 5) is 0. The van der Waals surface area contributed by atoms with Crippen molar-refractivity contribution in [3.8, 4) is 0 Å². The van der Waals surface area contributed by atoms with E-state index < -0.39 is 0 Å². The molecule has 1 aliphatic rings. The van der Waals surface area contributed by atoms with Gasteiger partial charge in [0.05, 0.1) is 6.04 Å². The van der Waals surface area contributed by atoms with Gasteiger partial charge in [0.15, 0.2) is 0 Å². The molecule has 19 heavy (non-hydrogen) atoms. The summed E-state index contributed by atoms with van der Waals surface area (Å²) >= 11 is 0. The highest BCUT2D eigenvalue weighted by molar-refractivity contribution is 5.11. The molecule has 1 aromatic rings. The average Bonchev–Trinajstić information content (AvgIpc) is 2.93. The van der Waals surface area contributed by atoms with Crippen LogP contribution in [0.5, 0.6) is 0 Å². The van der Waals surface area contributed by atoms with Crippen LogP contribution in [0.25, 0.3) is 0 Å². The molecule has 108 valence electrons. The zero-order valence-electron chi connectivity index (χ0n) is 12.3. The monoisotopic (exact) mass is 265 g/mol. The van der Waals surface area contributed by atoms with Crippen molar-refractivity contribution < 1.29 is 9.15 Å². The first-order chi connectivity index (χ1) is 9.33. The summed E-state index contributed by atoms with van der Waals surface area (Å²) in [6.45, 7) is 7.23. The molecule has 0 radical (unpaired) electrons. The summed E-state index contributed by atoms with van der Waals surface area (Å²) in [5, 5.41) is 3.64. The van der Waals surface area contributed by atoms with Gasteiger partial charge in [0.1, 0.15) is 11.5 Å². The molecule has 0 bridgehead atoms. The van der Waals surface area contributed by atoms with Crippen molar-refractivity contribution in [3.05, 3.63) is 23.7 Å². The van der Waals surface area contributed by atoms with E-state index in [9.17, 15) is 0 Å². The number of aryl methyl sites for hydroxylation is 1. The van der Waals surface area contributed by atoms with Gasteiger partial charge >= 0.3 is 0 Å². The van der Waals surface area contributed by atoms with Crippen LogP contribution in [0.15, 0.2) is 16.5 Å². The van der Waals surface area contributed by atoms with Crippen molar-refractivity contribution in [3.63, 3.8) is 0 Å². The van der Waals surface area contributed by atoms with Crippen molar-refractivity contribution in [2.24, 2.45) is 5.92 Å². The first-order valence-corrected chi connectivity index (χ1v) is 7.73. The van der Waals surface area contributed by atoms with E-state index in [0.717, 1.165) is 50.0 Å². The average molecular weight is 265 g/mol. The first kappa shape index (κ1) is 14.6. The number of hydrogen-bond donors (Lipinski definition) is 1. The van der Waals surface area contributed by atoms with Gasteiger partial charge in [-0.05, 0) is 50.3 Å². The molecule has 0 saturated carbocycles. The fourth-order valence-electron chi connectivity index (χ4n) is 2.71. The lowest BCUT2D eigenvalue weighted by molar-refractivity contribution is 0.0596. The van der Waals surface area contributed by atoms with Gasteiger partial charge in [-0.1, -0.05) is 13.8 Å². The summed E-state index contributed by atoms with van der Waals surface area (Å²) in [6, 6.07) is 4.62. The lowest BCUT2D eigenvalue weighted by atomic mass is 9.91. The molecule has 0 aromatic carbocycles. The number of rotatable bonds is 7. The molecule has 1 saturated heterocycles. The topological polar surface area (TPSA) is 34.4 Å². The van der Waals surface area contributed by atoms with E-state index >= 15 is 0 Å². The van der Waals surface area contributed by atoms with Crippen LogP contribution in [0.1, 0.15) is 57.1 Å². The van der Waals surface area contributed by atoms with Crippen LogP contribution >= 0.6 is 0 Å². The normalized spacial score (nSPS) is 18.6. The Morgan fingerprint density at radius 2 is 2.05 bits per heavy atom. The fraction of sp³-hybridized carbons (Fsp3) is 0.750. The van der Waals surface area contributed by atoms with Crippen molar-refractivity contribution in [1.29, 1.82) is 0 Å². The Morgan fingerprint density at radius 1 is 1.26 bits per heavy atom. The summed E-state index contributed by atoms with van der Waals surface area (Å²) in [7, 11) is 0. The summed E-state index contributed by atoms with van der Waals surface area (Å²) < 4.78 is 11.4. The molecule has 3 nitrogen and oxygen atoms in total. The second kappa shape index (κ2) is 7.71. The molecule has 1 fully saturated rings. The van der Waals surface area contributed by atoms with E-state index in [1.54, 1.807) is 0 Å². The van der Waals surface area contributed by atoms with Crippen molar-refractivity contribution in [1.82, 2.24) is 5.32 Å². The zero-order chi connectivity index (χ0) is 13.5. The maximum Gasteiger partial charge on any atom is 0.121 e. The SMILES string of the molecule is CCCNC(CC1CCOCC1)c1ccc(CC)o1. The molecule has 1 aromatic heterocycles. The van der Waals surface area contributed by atoms with Crippen LogP contribution in [0.2, 0.25) is 0 Å². The lowest BCUT2D eigenvalue weighted by Crippen LogP contribution is -2.26. The van der Waals surface area contributed by atoms with Gasteiger partial charge in [0, 0.05) is 19.6 Å². The Hall–Kier alpha value is -0.800. The Labute approximate surface area is 116 Å². The third-order valence-corrected chi connectivity index (χ3v) is 3.92. The van der Waals surface area contributed by atoms with Gasteiger partial charge in [-0.25, -0.2) is 0 Å². The molecule has 1 unspecified atom stereocenters. The third kappa shape index (κ3) is 4.36. The number of ether oxygens (including phenoxy) is 1. The molecule has 3 heteroatoms. The largest absolute Gasteiger partial charge is 0.464 e. The standard InChI is InChI=1S/C16H27NO2/c1-3-9-17-15(12-13-7-10-18-11-8-13)16-6-5-14(4-2)19-16/h5-6,13,15,17H,3-4,7-12H2,1-2H3. The van der Waals surface area contributed by atoms with Gasteiger partial charge < -0.3 is 14.5 Å². The molecular formula is C16H27NO2. The summed E-state index contributed by atoms with van der Waals surface area (Å²) in [5.41, 5.74) is 0. The second-order valence-electron chi connectivity index (χ2n) is 5.46. The molecule has 1 N–H and O–H groups in total. The van der Waals surface area contributed by atoms with E-state index in [1.807, 2.05) is 0 Å². The molecule has 1 aliphatic heterocycles. The highest BCUT2D eigenvalue weighted by atomic mass is 16.5.